The van der Waals surface area contributed by atoms with Crippen LogP contribution >= 0.6 is 0 Å². The molecule has 0 radical (unpaired) electrons. The molecule has 0 saturated heterocycles. The maximum Gasteiger partial charge on any atom is 0.135 e. The van der Waals surface area contributed by atoms with Gasteiger partial charge in [0.2, 0.25) is 0 Å². The van der Waals surface area contributed by atoms with Gasteiger partial charge in [-0.2, -0.15) is 5.26 Å². The molecule has 0 fully saturated rings. The SMILES string of the molecule is CN=[S@@](=O)(C[C@](C)(N)c1ccccc1F)C(C)(C)C#N. The standard InChI is InChI=1S/C14H20FN3OS/c1-13(2,9-16)20(19,18-4)10-14(3,17)11-7-5-6-8-12(11)15/h5-8H,10,17H2,1-4H3/t14-,20+/m0/s1. The van der Waals surface area contributed by atoms with Crippen LogP contribution in [-0.2, 0) is 15.3 Å². The molecule has 0 amide bonds. The number of rotatable bonds is 4. The highest BCUT2D eigenvalue weighted by atomic mass is 32.2. The minimum atomic E-state index is -2.91. The van der Waals surface area contributed by atoms with E-state index in [1.54, 1.807) is 39.0 Å². The molecule has 4 nitrogen and oxygen atoms in total. The molecule has 2 atom stereocenters. The van der Waals surface area contributed by atoms with Gasteiger partial charge in [0.05, 0.1) is 27.1 Å². The molecule has 0 saturated carbocycles. The average molecular weight is 297 g/mol. The predicted molar refractivity (Wildman–Crippen MR) is 79.0 cm³/mol. The molecule has 0 unspecified atom stereocenters. The Morgan fingerprint density at radius 3 is 2.40 bits per heavy atom. The van der Waals surface area contributed by atoms with Crippen LogP contribution in [0.2, 0.25) is 0 Å². The maximum absolute atomic E-state index is 13.9. The third-order valence-corrected chi connectivity index (χ3v) is 6.61. The summed E-state index contributed by atoms with van der Waals surface area (Å²) in [6.07, 6.45) is 0. The van der Waals surface area contributed by atoms with Crippen LogP contribution < -0.4 is 5.73 Å². The average Bonchev–Trinajstić information content (AvgIpc) is 2.38. The van der Waals surface area contributed by atoms with Gasteiger partial charge in [0.25, 0.3) is 0 Å². The molecule has 0 spiro atoms. The lowest BCUT2D eigenvalue weighted by Gasteiger charge is -2.31. The Morgan fingerprint density at radius 1 is 1.40 bits per heavy atom. The lowest BCUT2D eigenvalue weighted by atomic mass is 9.95. The fraction of sp³-hybridized carbons (Fsp3) is 0.500. The largest absolute Gasteiger partial charge is 0.321 e. The third-order valence-electron chi connectivity index (χ3n) is 3.35. The molecule has 20 heavy (non-hydrogen) atoms. The Hall–Kier alpha value is -1.45. The van der Waals surface area contributed by atoms with E-state index in [4.69, 9.17) is 5.73 Å². The molecule has 6 heteroatoms. The molecular weight excluding hydrogens is 277 g/mol. The van der Waals surface area contributed by atoms with E-state index >= 15 is 0 Å². The Balaban J connectivity index is 3.31. The van der Waals surface area contributed by atoms with Crippen molar-refractivity contribution in [2.45, 2.75) is 31.1 Å². The van der Waals surface area contributed by atoms with E-state index < -0.39 is 25.8 Å². The number of nitrogens with two attached hydrogens (primary N) is 1. The molecule has 1 aromatic carbocycles. The van der Waals surface area contributed by atoms with E-state index in [2.05, 4.69) is 4.36 Å². The summed E-state index contributed by atoms with van der Waals surface area (Å²) in [5.41, 5.74) is 5.26. The zero-order valence-electron chi connectivity index (χ0n) is 12.2. The maximum atomic E-state index is 13.9. The van der Waals surface area contributed by atoms with Crippen LogP contribution in [-0.4, -0.2) is 21.8 Å². The van der Waals surface area contributed by atoms with Crippen LogP contribution in [0, 0.1) is 17.1 Å². The van der Waals surface area contributed by atoms with E-state index in [1.807, 2.05) is 6.07 Å². The highest BCUT2D eigenvalue weighted by molar-refractivity contribution is 7.95. The summed E-state index contributed by atoms with van der Waals surface area (Å²) in [6, 6.07) is 8.10. The lowest BCUT2D eigenvalue weighted by molar-refractivity contribution is 0.500. The van der Waals surface area contributed by atoms with E-state index in [-0.39, 0.29) is 11.3 Å². The summed E-state index contributed by atoms with van der Waals surface area (Å²) in [4.78, 5) is 0. The molecular formula is C14H20FN3OS. The van der Waals surface area contributed by atoms with Crippen LogP contribution in [0.1, 0.15) is 26.3 Å². The molecule has 1 aromatic rings. The van der Waals surface area contributed by atoms with Gasteiger partial charge in [-0.25, -0.2) is 13.0 Å². The van der Waals surface area contributed by atoms with Crippen molar-refractivity contribution in [2.75, 3.05) is 12.8 Å². The molecule has 0 aromatic heterocycles. The Morgan fingerprint density at radius 2 is 1.95 bits per heavy atom. The van der Waals surface area contributed by atoms with Crippen molar-refractivity contribution in [1.29, 1.82) is 5.26 Å². The smallest absolute Gasteiger partial charge is 0.135 e. The van der Waals surface area contributed by atoms with E-state index in [0.717, 1.165) is 0 Å². The Bertz CT molecular complexity index is 653. The highest BCUT2D eigenvalue weighted by Gasteiger charge is 2.38. The second kappa shape index (κ2) is 5.51. The number of nitriles is 1. The summed E-state index contributed by atoms with van der Waals surface area (Å²) >= 11 is 0. The number of benzene rings is 1. The third kappa shape index (κ3) is 3.00. The van der Waals surface area contributed by atoms with Crippen LogP contribution in [0.4, 0.5) is 4.39 Å². The second-order valence-corrected chi connectivity index (χ2v) is 8.44. The van der Waals surface area contributed by atoms with Gasteiger partial charge in [-0.3, -0.25) is 0 Å². The van der Waals surface area contributed by atoms with Gasteiger partial charge in [-0.05, 0) is 26.8 Å². The highest BCUT2D eigenvalue weighted by Crippen LogP contribution is 2.28. The molecule has 1 rings (SSSR count). The molecule has 2 N–H and O–H groups in total. The second-order valence-electron chi connectivity index (χ2n) is 5.49. The van der Waals surface area contributed by atoms with Gasteiger partial charge in [0.1, 0.15) is 10.6 Å². The van der Waals surface area contributed by atoms with Gasteiger partial charge in [-0.15, -0.1) is 0 Å². The topological polar surface area (TPSA) is 79.2 Å². The Labute approximate surface area is 120 Å². The van der Waals surface area contributed by atoms with Crippen molar-refractivity contribution < 1.29 is 8.60 Å². The van der Waals surface area contributed by atoms with Gasteiger partial charge in [0.15, 0.2) is 0 Å². The monoisotopic (exact) mass is 297 g/mol. The minimum Gasteiger partial charge on any atom is -0.321 e. The first-order valence-corrected chi connectivity index (χ1v) is 7.86. The number of hydrogen-bond donors (Lipinski definition) is 1. The fourth-order valence-corrected chi connectivity index (χ4v) is 4.01. The molecule has 0 aliphatic heterocycles. The molecule has 0 heterocycles. The number of nitrogens with zero attached hydrogens (tertiary/aromatic N) is 2. The molecule has 0 aliphatic carbocycles. The van der Waals surface area contributed by atoms with Crippen LogP contribution in [0.5, 0.6) is 0 Å². The van der Waals surface area contributed by atoms with Crippen LogP contribution in [0.25, 0.3) is 0 Å². The summed E-state index contributed by atoms with van der Waals surface area (Å²) in [7, 11) is -1.50. The Kier molecular flexibility index (Phi) is 4.57. The number of halogens is 1. The van der Waals surface area contributed by atoms with Gasteiger partial charge in [-0.1, -0.05) is 18.2 Å². The molecule has 110 valence electrons. The zero-order chi connectivity index (χ0) is 15.6. The van der Waals surface area contributed by atoms with Crippen molar-refractivity contribution >= 4 is 9.73 Å². The first kappa shape index (κ1) is 16.6. The van der Waals surface area contributed by atoms with Crippen molar-refractivity contribution in [3.8, 4) is 6.07 Å². The molecule has 0 bridgehead atoms. The van der Waals surface area contributed by atoms with Gasteiger partial charge >= 0.3 is 0 Å². The number of hydrogen-bond acceptors (Lipinski definition) is 4. The lowest BCUT2D eigenvalue weighted by Crippen LogP contribution is -2.46. The minimum absolute atomic E-state index is 0.0853. The van der Waals surface area contributed by atoms with E-state index in [1.165, 1.54) is 13.1 Å². The van der Waals surface area contributed by atoms with Gasteiger partial charge in [0, 0.05) is 12.6 Å². The van der Waals surface area contributed by atoms with E-state index in [9.17, 15) is 13.9 Å². The summed E-state index contributed by atoms with van der Waals surface area (Å²) < 4.78 is 29.5. The molecule has 0 aliphatic rings. The summed E-state index contributed by atoms with van der Waals surface area (Å²) in [5.74, 6) is -0.539. The van der Waals surface area contributed by atoms with Crippen molar-refractivity contribution in [1.82, 2.24) is 0 Å². The van der Waals surface area contributed by atoms with Crippen molar-refractivity contribution in [3.63, 3.8) is 0 Å². The summed E-state index contributed by atoms with van der Waals surface area (Å²) in [6.45, 7) is 4.71. The summed E-state index contributed by atoms with van der Waals surface area (Å²) in [5, 5.41) is 9.18. The van der Waals surface area contributed by atoms with Crippen molar-refractivity contribution in [2.24, 2.45) is 10.1 Å². The normalized spacial score (nSPS) is 17.6. The quantitative estimate of drug-likeness (QED) is 0.926. The van der Waals surface area contributed by atoms with Crippen molar-refractivity contribution in [3.05, 3.63) is 35.6 Å². The van der Waals surface area contributed by atoms with Crippen LogP contribution in [0.15, 0.2) is 28.6 Å². The zero-order valence-corrected chi connectivity index (χ0v) is 13.0. The first-order valence-electron chi connectivity index (χ1n) is 6.17. The van der Waals surface area contributed by atoms with E-state index in [0.29, 0.717) is 0 Å². The van der Waals surface area contributed by atoms with Gasteiger partial charge < -0.3 is 5.73 Å². The first-order chi connectivity index (χ1) is 9.09. The van der Waals surface area contributed by atoms with Crippen LogP contribution in [0.3, 0.4) is 0 Å². The fourth-order valence-electron chi connectivity index (χ4n) is 1.95. The predicted octanol–water partition coefficient (Wildman–Crippen LogP) is 2.40.